The van der Waals surface area contributed by atoms with E-state index in [9.17, 15) is 14.4 Å². The Hall–Kier alpha value is -1.81. The molecule has 0 aromatic carbocycles. The van der Waals surface area contributed by atoms with Crippen molar-refractivity contribution in [2.75, 3.05) is 36.0 Å². The third-order valence-electron chi connectivity index (χ3n) is 4.65. The first kappa shape index (κ1) is 22.5. The Morgan fingerprint density at radius 3 is 2.54 bits per heavy atom. The second-order valence-electron chi connectivity index (χ2n) is 6.79. The number of amides is 1. The molecule has 0 unspecified atom stereocenters. The molecule has 28 heavy (non-hydrogen) atoms. The molecule has 8 nitrogen and oxygen atoms in total. The van der Waals surface area contributed by atoms with Crippen LogP contribution in [0.2, 0.25) is 0 Å². The van der Waals surface area contributed by atoms with Gasteiger partial charge in [0, 0.05) is 26.2 Å². The van der Waals surface area contributed by atoms with Crippen molar-refractivity contribution in [3.63, 3.8) is 0 Å². The normalized spacial score (nSPS) is 13.7. The van der Waals surface area contributed by atoms with Gasteiger partial charge in [0.25, 0.3) is 5.56 Å². The quantitative estimate of drug-likeness (QED) is 0.609. The first-order valence-electron chi connectivity index (χ1n) is 9.75. The van der Waals surface area contributed by atoms with E-state index in [0.29, 0.717) is 23.8 Å². The van der Waals surface area contributed by atoms with Crippen molar-refractivity contribution in [2.45, 2.75) is 52.5 Å². The van der Waals surface area contributed by atoms with Gasteiger partial charge in [-0.25, -0.2) is 4.79 Å². The number of hydrogen-bond acceptors (Lipinski definition) is 6. The summed E-state index contributed by atoms with van der Waals surface area (Å²) in [6, 6.07) is 0. The fourth-order valence-electron chi connectivity index (χ4n) is 3.15. The second kappa shape index (κ2) is 10.7. The molecule has 0 atom stereocenters. The minimum absolute atomic E-state index is 0.0344. The molecule has 1 amide bonds. The molecular weight excluding hydrogens is 398 g/mol. The number of nitrogens with zero attached hydrogens (tertiary/aromatic N) is 3. The van der Waals surface area contributed by atoms with E-state index in [1.165, 1.54) is 21.2 Å². The predicted molar refractivity (Wildman–Crippen MR) is 119 cm³/mol. The number of nitrogen functional groups attached to an aromatic ring is 1. The van der Waals surface area contributed by atoms with Crippen molar-refractivity contribution < 1.29 is 4.79 Å². The molecule has 1 aliphatic heterocycles. The lowest BCUT2D eigenvalue weighted by Gasteiger charge is -2.25. The number of likely N-dealkylation sites (tertiary alicyclic amines) is 1. The maximum Gasteiger partial charge on any atom is 0.330 e. The third-order valence-corrected chi connectivity index (χ3v) is 6.16. The Bertz CT molecular complexity index is 814. The smallest absolute Gasteiger partial charge is 0.330 e. The average molecular weight is 428 g/mol. The average Bonchev–Trinajstić information content (AvgIpc) is 3.20. The van der Waals surface area contributed by atoms with E-state index in [2.05, 4.69) is 9.88 Å². The van der Waals surface area contributed by atoms with Gasteiger partial charge in [-0.3, -0.25) is 19.1 Å². The summed E-state index contributed by atoms with van der Waals surface area (Å²) in [6.07, 6.45) is 4.48. The van der Waals surface area contributed by atoms with Crippen molar-refractivity contribution >= 4 is 45.7 Å². The van der Waals surface area contributed by atoms with Gasteiger partial charge in [0.1, 0.15) is 10.1 Å². The maximum atomic E-state index is 13.0. The number of aromatic amines is 1. The molecule has 0 saturated carbocycles. The summed E-state index contributed by atoms with van der Waals surface area (Å²) >= 11 is 6.74. The molecule has 156 valence electrons. The SMILES string of the molecule is CCCCN(C(=O)CSC(=S)N1CCCC1)c1c(N)n(CCC)c(=O)[nH]c1=O. The number of unbranched alkanes of at least 4 members (excludes halogenated alkanes) is 1. The van der Waals surface area contributed by atoms with Crippen LogP contribution in [-0.2, 0) is 11.3 Å². The summed E-state index contributed by atoms with van der Waals surface area (Å²) in [5.74, 6) is -0.0729. The number of carbonyl (C=O) groups excluding carboxylic acids is 1. The molecule has 1 aromatic heterocycles. The van der Waals surface area contributed by atoms with Gasteiger partial charge in [0.05, 0.1) is 5.75 Å². The van der Waals surface area contributed by atoms with E-state index in [4.69, 9.17) is 18.0 Å². The largest absolute Gasteiger partial charge is 0.383 e. The zero-order chi connectivity index (χ0) is 20.7. The zero-order valence-corrected chi connectivity index (χ0v) is 18.2. The number of aromatic nitrogens is 2. The molecule has 2 rings (SSSR count). The Balaban J connectivity index is 2.26. The lowest BCUT2D eigenvalue weighted by Crippen LogP contribution is -2.42. The number of H-pyrrole nitrogens is 1. The van der Waals surface area contributed by atoms with Gasteiger partial charge < -0.3 is 15.5 Å². The van der Waals surface area contributed by atoms with Crippen molar-refractivity contribution in [3.05, 3.63) is 20.8 Å². The van der Waals surface area contributed by atoms with Crippen LogP contribution in [0.4, 0.5) is 11.5 Å². The Labute approximate surface area is 174 Å². The molecule has 1 fully saturated rings. The molecule has 0 spiro atoms. The van der Waals surface area contributed by atoms with Crippen LogP contribution in [0.15, 0.2) is 9.59 Å². The van der Waals surface area contributed by atoms with Crippen molar-refractivity contribution in [3.8, 4) is 0 Å². The summed E-state index contributed by atoms with van der Waals surface area (Å²) in [5.41, 5.74) is 5.01. The van der Waals surface area contributed by atoms with Crippen molar-refractivity contribution in [1.82, 2.24) is 14.5 Å². The van der Waals surface area contributed by atoms with E-state index in [0.717, 1.165) is 38.8 Å². The molecule has 2 heterocycles. The van der Waals surface area contributed by atoms with Gasteiger partial charge >= 0.3 is 5.69 Å². The monoisotopic (exact) mass is 427 g/mol. The summed E-state index contributed by atoms with van der Waals surface area (Å²) in [5, 5.41) is 0. The predicted octanol–water partition coefficient (Wildman–Crippen LogP) is 1.78. The van der Waals surface area contributed by atoms with Crippen LogP contribution >= 0.6 is 24.0 Å². The van der Waals surface area contributed by atoms with Crippen molar-refractivity contribution in [1.29, 1.82) is 0 Å². The first-order valence-corrected chi connectivity index (χ1v) is 11.1. The number of nitrogens with two attached hydrogens (primary N) is 1. The number of carbonyl (C=O) groups is 1. The van der Waals surface area contributed by atoms with Crippen LogP contribution in [0.3, 0.4) is 0 Å². The topological polar surface area (TPSA) is 104 Å². The Kier molecular flexibility index (Phi) is 8.56. The van der Waals surface area contributed by atoms with Crippen LogP contribution in [0.1, 0.15) is 46.0 Å². The lowest BCUT2D eigenvalue weighted by molar-refractivity contribution is -0.116. The van der Waals surface area contributed by atoms with Crippen LogP contribution in [0.5, 0.6) is 0 Å². The van der Waals surface area contributed by atoms with Crippen LogP contribution in [0.25, 0.3) is 0 Å². The second-order valence-corrected chi connectivity index (χ2v) is 8.40. The van der Waals surface area contributed by atoms with E-state index >= 15 is 0 Å². The molecule has 10 heteroatoms. The van der Waals surface area contributed by atoms with Gasteiger partial charge in [-0.05, 0) is 25.7 Å². The first-order chi connectivity index (χ1) is 13.4. The third kappa shape index (κ3) is 5.38. The van der Waals surface area contributed by atoms with Crippen LogP contribution < -0.4 is 21.9 Å². The van der Waals surface area contributed by atoms with Gasteiger partial charge in [-0.15, -0.1) is 0 Å². The van der Waals surface area contributed by atoms with Gasteiger partial charge in [0.15, 0.2) is 5.69 Å². The minimum atomic E-state index is -0.633. The molecule has 3 N–H and O–H groups in total. The standard InChI is InChI=1S/C18H29N5O3S2/c1-3-5-11-22(13(24)12-28-18(27)21-9-6-7-10-21)14-15(19)23(8-4-2)17(26)20-16(14)25/h3-12,19H2,1-2H3,(H,20,25,26). The number of thioether (sulfide) groups is 1. The Morgan fingerprint density at radius 1 is 1.25 bits per heavy atom. The number of rotatable bonds is 8. The highest BCUT2D eigenvalue weighted by atomic mass is 32.2. The fourth-order valence-corrected chi connectivity index (χ4v) is 4.28. The van der Waals surface area contributed by atoms with Gasteiger partial charge in [-0.1, -0.05) is 44.2 Å². The highest BCUT2D eigenvalue weighted by Gasteiger charge is 2.25. The van der Waals surface area contributed by atoms with E-state index in [1.807, 2.05) is 13.8 Å². The van der Waals surface area contributed by atoms with Gasteiger partial charge in [-0.2, -0.15) is 0 Å². The molecular formula is C18H29N5O3S2. The summed E-state index contributed by atoms with van der Waals surface area (Å²) in [4.78, 5) is 43.3. The van der Waals surface area contributed by atoms with Gasteiger partial charge in [0.2, 0.25) is 5.91 Å². The fraction of sp³-hybridized carbons (Fsp3) is 0.667. The summed E-state index contributed by atoms with van der Waals surface area (Å²) in [7, 11) is 0. The number of hydrogen-bond donors (Lipinski definition) is 2. The lowest BCUT2D eigenvalue weighted by atomic mass is 10.2. The number of anilines is 2. The number of nitrogens with one attached hydrogen (secondary N) is 1. The maximum absolute atomic E-state index is 13.0. The van der Waals surface area contributed by atoms with Crippen LogP contribution in [-0.4, -0.2) is 50.1 Å². The zero-order valence-electron chi connectivity index (χ0n) is 16.5. The summed E-state index contributed by atoms with van der Waals surface area (Å²) < 4.78 is 2.02. The van der Waals surface area contributed by atoms with E-state index in [1.54, 1.807) is 0 Å². The molecule has 1 aliphatic rings. The van der Waals surface area contributed by atoms with Crippen molar-refractivity contribution in [2.24, 2.45) is 0 Å². The van der Waals surface area contributed by atoms with E-state index < -0.39 is 11.2 Å². The molecule has 0 aliphatic carbocycles. The Morgan fingerprint density at radius 2 is 1.93 bits per heavy atom. The molecule has 1 saturated heterocycles. The van der Waals surface area contributed by atoms with Crippen LogP contribution in [0, 0.1) is 0 Å². The van der Waals surface area contributed by atoms with E-state index in [-0.39, 0.29) is 23.2 Å². The molecule has 1 aromatic rings. The highest BCUT2D eigenvalue weighted by Crippen LogP contribution is 2.21. The molecule has 0 radical (unpaired) electrons. The highest BCUT2D eigenvalue weighted by molar-refractivity contribution is 8.23. The summed E-state index contributed by atoms with van der Waals surface area (Å²) in [6.45, 7) is 6.50. The molecule has 0 bridgehead atoms. The number of thiocarbonyl (C=S) groups is 1. The minimum Gasteiger partial charge on any atom is -0.383 e.